The van der Waals surface area contributed by atoms with E-state index in [0.717, 1.165) is 25.7 Å². The lowest BCUT2D eigenvalue weighted by Gasteiger charge is -2.33. The van der Waals surface area contributed by atoms with Crippen molar-refractivity contribution in [3.63, 3.8) is 0 Å². The molecule has 1 amide bonds. The second-order valence-corrected chi connectivity index (χ2v) is 6.89. The summed E-state index contributed by atoms with van der Waals surface area (Å²) in [5.74, 6) is -0.462. The standard InChI is InChI=1S/C22H29NO5/c1-4-5-6-9-14-28-20-15-17(11-12-19(20)27-3)21(25)22(26)23-13-8-7-10-18(23)16(2)24/h6,9,11-12,15,18H,4-5,7-8,10,13-14H2,1-3H3/b9-6+/t18-/m0/s1. The molecule has 0 bridgehead atoms. The minimum absolute atomic E-state index is 0.0848. The van der Waals surface area contributed by atoms with Crippen LogP contribution in [0.3, 0.4) is 0 Å². The van der Waals surface area contributed by atoms with Crippen molar-refractivity contribution in [2.75, 3.05) is 20.3 Å². The highest BCUT2D eigenvalue weighted by Gasteiger charge is 2.33. The van der Waals surface area contributed by atoms with Gasteiger partial charge in [0, 0.05) is 12.1 Å². The van der Waals surface area contributed by atoms with Crippen molar-refractivity contribution in [3.8, 4) is 11.5 Å². The van der Waals surface area contributed by atoms with E-state index in [1.54, 1.807) is 12.1 Å². The van der Waals surface area contributed by atoms with E-state index in [2.05, 4.69) is 6.92 Å². The Bertz CT molecular complexity index is 740. The van der Waals surface area contributed by atoms with Crippen LogP contribution >= 0.6 is 0 Å². The number of Topliss-reactive ketones (excluding diaryl/α,β-unsaturated/α-hetero) is 2. The van der Waals surface area contributed by atoms with E-state index in [-0.39, 0.29) is 11.3 Å². The number of hydrogen-bond acceptors (Lipinski definition) is 5. The van der Waals surface area contributed by atoms with Crippen molar-refractivity contribution in [2.45, 2.75) is 52.0 Å². The molecule has 0 aliphatic carbocycles. The summed E-state index contributed by atoms with van der Waals surface area (Å²) >= 11 is 0. The molecule has 2 rings (SSSR count). The number of likely N-dealkylation sites (tertiary alicyclic amines) is 1. The average Bonchev–Trinajstić information content (AvgIpc) is 2.72. The number of ketones is 2. The number of unbranched alkanes of at least 4 members (excludes halogenated alkanes) is 1. The highest BCUT2D eigenvalue weighted by Crippen LogP contribution is 2.29. The molecule has 6 heteroatoms. The lowest BCUT2D eigenvalue weighted by Crippen LogP contribution is -2.49. The van der Waals surface area contributed by atoms with Gasteiger partial charge in [0.15, 0.2) is 17.3 Å². The molecule has 0 unspecified atom stereocenters. The van der Waals surface area contributed by atoms with Crippen molar-refractivity contribution in [1.29, 1.82) is 0 Å². The van der Waals surface area contributed by atoms with Gasteiger partial charge in [0.05, 0.1) is 13.2 Å². The highest BCUT2D eigenvalue weighted by atomic mass is 16.5. The van der Waals surface area contributed by atoms with Crippen LogP contribution in [0.25, 0.3) is 0 Å². The lowest BCUT2D eigenvalue weighted by molar-refractivity contribution is -0.136. The van der Waals surface area contributed by atoms with E-state index in [1.807, 2.05) is 12.2 Å². The number of allylic oxidation sites excluding steroid dienone is 1. The van der Waals surface area contributed by atoms with Crippen LogP contribution in [0.5, 0.6) is 11.5 Å². The van der Waals surface area contributed by atoms with Gasteiger partial charge < -0.3 is 14.4 Å². The molecule has 0 radical (unpaired) electrons. The molecule has 28 heavy (non-hydrogen) atoms. The molecule has 1 atom stereocenters. The number of benzene rings is 1. The fraction of sp³-hybridized carbons (Fsp3) is 0.500. The van der Waals surface area contributed by atoms with E-state index in [0.29, 0.717) is 31.1 Å². The summed E-state index contributed by atoms with van der Waals surface area (Å²) in [4.78, 5) is 38.8. The maximum Gasteiger partial charge on any atom is 0.295 e. The maximum atomic E-state index is 12.8. The van der Waals surface area contributed by atoms with E-state index < -0.39 is 17.7 Å². The minimum atomic E-state index is -0.640. The number of rotatable bonds is 9. The number of carbonyl (C=O) groups is 3. The van der Waals surface area contributed by atoms with Crippen molar-refractivity contribution in [2.24, 2.45) is 0 Å². The fourth-order valence-corrected chi connectivity index (χ4v) is 3.27. The first-order valence-corrected chi connectivity index (χ1v) is 9.81. The fourth-order valence-electron chi connectivity index (χ4n) is 3.27. The van der Waals surface area contributed by atoms with Gasteiger partial charge in [0.1, 0.15) is 6.61 Å². The predicted molar refractivity (Wildman–Crippen MR) is 107 cm³/mol. The number of ether oxygens (including phenoxy) is 2. The Morgan fingerprint density at radius 1 is 1.18 bits per heavy atom. The number of methoxy groups -OCH3 is 1. The Labute approximate surface area is 166 Å². The zero-order valence-corrected chi connectivity index (χ0v) is 16.9. The first kappa shape index (κ1) is 21.7. The molecule has 0 N–H and O–H groups in total. The van der Waals surface area contributed by atoms with Crippen LogP contribution in [0, 0.1) is 0 Å². The molecule has 1 fully saturated rings. The SMILES string of the molecule is CCC/C=C/COc1cc(C(=O)C(=O)N2CCCC[C@H]2C(C)=O)ccc1OC. The van der Waals surface area contributed by atoms with Crippen LogP contribution in [0.15, 0.2) is 30.4 Å². The minimum Gasteiger partial charge on any atom is -0.493 e. The monoisotopic (exact) mass is 387 g/mol. The van der Waals surface area contributed by atoms with Gasteiger partial charge in [-0.1, -0.05) is 25.5 Å². The van der Waals surface area contributed by atoms with Crippen LogP contribution in [-0.4, -0.2) is 48.7 Å². The number of nitrogens with zero attached hydrogens (tertiary/aromatic N) is 1. The molecule has 1 aromatic rings. The summed E-state index contributed by atoms with van der Waals surface area (Å²) in [7, 11) is 1.52. The predicted octanol–water partition coefficient (Wildman–Crippen LogP) is 3.58. The zero-order valence-electron chi connectivity index (χ0n) is 16.9. The summed E-state index contributed by atoms with van der Waals surface area (Å²) < 4.78 is 11.0. The summed E-state index contributed by atoms with van der Waals surface area (Å²) in [6.45, 7) is 4.34. The summed E-state index contributed by atoms with van der Waals surface area (Å²) in [5.41, 5.74) is 0.228. The van der Waals surface area contributed by atoms with Gasteiger partial charge >= 0.3 is 0 Å². The smallest absolute Gasteiger partial charge is 0.295 e. The second kappa shape index (κ2) is 10.6. The van der Waals surface area contributed by atoms with Crippen LogP contribution in [0.1, 0.15) is 56.3 Å². The zero-order chi connectivity index (χ0) is 20.5. The Morgan fingerprint density at radius 2 is 1.96 bits per heavy atom. The van der Waals surface area contributed by atoms with Gasteiger partial charge in [-0.2, -0.15) is 0 Å². The summed E-state index contributed by atoms with van der Waals surface area (Å²) in [6, 6.07) is 4.18. The van der Waals surface area contributed by atoms with Crippen LogP contribution in [0.4, 0.5) is 0 Å². The number of piperidine rings is 1. The van der Waals surface area contributed by atoms with E-state index in [1.165, 1.54) is 25.0 Å². The Balaban J connectivity index is 2.16. The maximum absolute atomic E-state index is 12.8. The third kappa shape index (κ3) is 5.44. The molecular weight excluding hydrogens is 358 g/mol. The second-order valence-electron chi connectivity index (χ2n) is 6.89. The molecule has 1 saturated heterocycles. The quantitative estimate of drug-likeness (QED) is 0.368. The molecule has 0 saturated carbocycles. The molecule has 0 spiro atoms. The van der Waals surface area contributed by atoms with Crippen LogP contribution in [-0.2, 0) is 9.59 Å². The Kier molecular flexibility index (Phi) is 8.23. The molecule has 1 aliphatic rings. The molecule has 6 nitrogen and oxygen atoms in total. The normalized spacial score (nSPS) is 16.8. The van der Waals surface area contributed by atoms with Crippen molar-refractivity contribution in [3.05, 3.63) is 35.9 Å². The van der Waals surface area contributed by atoms with Crippen molar-refractivity contribution in [1.82, 2.24) is 4.90 Å². The van der Waals surface area contributed by atoms with Gasteiger partial charge in [-0.25, -0.2) is 0 Å². The van der Waals surface area contributed by atoms with Crippen LogP contribution in [0.2, 0.25) is 0 Å². The topological polar surface area (TPSA) is 72.9 Å². The Hall–Kier alpha value is -2.63. The van der Waals surface area contributed by atoms with Gasteiger partial charge in [-0.15, -0.1) is 0 Å². The first-order chi connectivity index (χ1) is 13.5. The van der Waals surface area contributed by atoms with E-state index in [9.17, 15) is 14.4 Å². The average molecular weight is 387 g/mol. The summed E-state index contributed by atoms with van der Waals surface area (Å²) in [5, 5.41) is 0. The summed E-state index contributed by atoms with van der Waals surface area (Å²) in [6.07, 6.45) is 8.26. The lowest BCUT2D eigenvalue weighted by atomic mass is 9.97. The molecule has 1 heterocycles. The molecule has 0 aromatic heterocycles. The van der Waals surface area contributed by atoms with E-state index >= 15 is 0 Å². The largest absolute Gasteiger partial charge is 0.493 e. The molecule has 1 aromatic carbocycles. The van der Waals surface area contributed by atoms with Crippen LogP contribution < -0.4 is 9.47 Å². The van der Waals surface area contributed by atoms with Crippen molar-refractivity contribution >= 4 is 17.5 Å². The number of amides is 1. The third-order valence-electron chi connectivity index (χ3n) is 4.81. The van der Waals surface area contributed by atoms with Crippen molar-refractivity contribution < 1.29 is 23.9 Å². The molecular formula is C22H29NO5. The third-order valence-corrected chi connectivity index (χ3v) is 4.81. The number of carbonyl (C=O) groups excluding carboxylic acids is 3. The van der Waals surface area contributed by atoms with Gasteiger partial charge in [-0.05, 0) is 50.8 Å². The van der Waals surface area contributed by atoms with Gasteiger partial charge in [-0.3, -0.25) is 14.4 Å². The molecule has 1 aliphatic heterocycles. The van der Waals surface area contributed by atoms with Gasteiger partial charge in [0.25, 0.3) is 11.7 Å². The van der Waals surface area contributed by atoms with Gasteiger partial charge in [0.2, 0.25) is 0 Å². The van der Waals surface area contributed by atoms with E-state index in [4.69, 9.17) is 9.47 Å². The molecule has 152 valence electrons. The number of hydrogen-bond donors (Lipinski definition) is 0. The highest BCUT2D eigenvalue weighted by molar-refractivity contribution is 6.43. The first-order valence-electron chi connectivity index (χ1n) is 9.81. The Morgan fingerprint density at radius 3 is 2.64 bits per heavy atom.